The van der Waals surface area contributed by atoms with Crippen LogP contribution >= 0.6 is 0 Å². The molecule has 0 unspecified atom stereocenters. The van der Waals surface area contributed by atoms with E-state index in [9.17, 15) is 9.59 Å². The highest BCUT2D eigenvalue weighted by Crippen LogP contribution is 2.11. The zero-order chi connectivity index (χ0) is 13.6. The maximum atomic E-state index is 11.8. The molecule has 1 N–H and O–H groups in total. The molecule has 0 aromatic rings. The maximum absolute atomic E-state index is 11.8. The van der Waals surface area contributed by atoms with Crippen LogP contribution in [0.2, 0.25) is 0 Å². The fourth-order valence-electron chi connectivity index (χ4n) is 2.17. The monoisotopic (exact) mass is 256 g/mol. The van der Waals surface area contributed by atoms with Gasteiger partial charge in [0, 0.05) is 33.0 Å². The summed E-state index contributed by atoms with van der Waals surface area (Å²) in [5.41, 5.74) is -0.363. The summed E-state index contributed by atoms with van der Waals surface area (Å²) in [6, 6.07) is 0. The molecule has 18 heavy (non-hydrogen) atoms. The van der Waals surface area contributed by atoms with E-state index < -0.39 is 0 Å². The molecule has 1 rings (SSSR count). The molecule has 1 fully saturated rings. The lowest BCUT2D eigenvalue weighted by molar-refractivity contribution is -0.134. The summed E-state index contributed by atoms with van der Waals surface area (Å²) in [7, 11) is 1.61. The third-order valence-electron chi connectivity index (χ3n) is 3.01. The number of methoxy groups -OCH3 is 1. The molecule has 0 bridgehead atoms. The van der Waals surface area contributed by atoms with Crippen molar-refractivity contribution in [3.63, 3.8) is 0 Å². The summed E-state index contributed by atoms with van der Waals surface area (Å²) in [4.78, 5) is 25.1. The highest BCUT2D eigenvalue weighted by atomic mass is 16.5. The molecule has 0 aliphatic carbocycles. The number of hydrogen-bond acceptors (Lipinski definition) is 3. The van der Waals surface area contributed by atoms with E-state index in [1.807, 2.05) is 13.8 Å². The SMILES string of the molecule is COCC(C)(C)NC(=O)CCN1CCCCC1=O. The molecule has 0 spiro atoms. The molecule has 0 radical (unpaired) electrons. The van der Waals surface area contributed by atoms with E-state index in [1.165, 1.54) is 0 Å². The van der Waals surface area contributed by atoms with Crippen LogP contribution in [0, 0.1) is 0 Å². The van der Waals surface area contributed by atoms with E-state index in [2.05, 4.69) is 5.32 Å². The van der Waals surface area contributed by atoms with Gasteiger partial charge in [0.15, 0.2) is 0 Å². The first-order valence-electron chi connectivity index (χ1n) is 6.52. The predicted octanol–water partition coefficient (Wildman–Crippen LogP) is 0.930. The van der Waals surface area contributed by atoms with Crippen LogP contribution in [0.5, 0.6) is 0 Å². The third-order valence-corrected chi connectivity index (χ3v) is 3.01. The minimum atomic E-state index is -0.363. The molecule has 0 atom stereocenters. The molecular formula is C13H24N2O3. The second-order valence-corrected chi connectivity index (χ2v) is 5.45. The number of hydrogen-bond donors (Lipinski definition) is 1. The van der Waals surface area contributed by atoms with Crippen LogP contribution in [0.25, 0.3) is 0 Å². The Kier molecular flexibility index (Phi) is 5.59. The smallest absolute Gasteiger partial charge is 0.222 e. The van der Waals surface area contributed by atoms with Crippen LogP contribution in [0.4, 0.5) is 0 Å². The van der Waals surface area contributed by atoms with Gasteiger partial charge in [-0.15, -0.1) is 0 Å². The van der Waals surface area contributed by atoms with E-state index >= 15 is 0 Å². The molecule has 1 saturated heterocycles. The molecule has 1 heterocycles. The van der Waals surface area contributed by atoms with Crippen LogP contribution in [0.3, 0.4) is 0 Å². The van der Waals surface area contributed by atoms with Crippen molar-refractivity contribution in [3.05, 3.63) is 0 Å². The Morgan fingerprint density at radius 1 is 1.44 bits per heavy atom. The molecule has 2 amide bonds. The summed E-state index contributed by atoms with van der Waals surface area (Å²) < 4.78 is 5.04. The zero-order valence-corrected chi connectivity index (χ0v) is 11.6. The van der Waals surface area contributed by atoms with Crippen molar-refractivity contribution >= 4 is 11.8 Å². The molecule has 5 nitrogen and oxygen atoms in total. The molecule has 5 heteroatoms. The van der Waals surface area contributed by atoms with Crippen molar-refractivity contribution in [1.29, 1.82) is 0 Å². The number of piperidine rings is 1. The van der Waals surface area contributed by atoms with Gasteiger partial charge in [0.2, 0.25) is 11.8 Å². The van der Waals surface area contributed by atoms with Gasteiger partial charge in [0.25, 0.3) is 0 Å². The lowest BCUT2D eigenvalue weighted by atomic mass is 10.1. The standard InChI is InChI=1S/C13H24N2O3/c1-13(2,10-18-3)14-11(16)7-9-15-8-5-4-6-12(15)17/h4-10H2,1-3H3,(H,14,16). The Morgan fingerprint density at radius 2 is 2.17 bits per heavy atom. The van der Waals surface area contributed by atoms with Gasteiger partial charge < -0.3 is 15.0 Å². The van der Waals surface area contributed by atoms with Crippen LogP contribution in [0.1, 0.15) is 39.5 Å². The highest BCUT2D eigenvalue weighted by molar-refractivity contribution is 5.79. The van der Waals surface area contributed by atoms with E-state index in [4.69, 9.17) is 4.74 Å². The summed E-state index contributed by atoms with van der Waals surface area (Å²) in [6.45, 7) is 5.61. The van der Waals surface area contributed by atoms with Crippen molar-refractivity contribution in [2.75, 3.05) is 26.8 Å². The Hall–Kier alpha value is -1.10. The lowest BCUT2D eigenvalue weighted by Crippen LogP contribution is -2.48. The van der Waals surface area contributed by atoms with Crippen molar-refractivity contribution < 1.29 is 14.3 Å². The molecule has 1 aliphatic rings. The summed E-state index contributed by atoms with van der Waals surface area (Å²) >= 11 is 0. The van der Waals surface area contributed by atoms with E-state index in [-0.39, 0.29) is 17.4 Å². The van der Waals surface area contributed by atoms with Gasteiger partial charge in [-0.05, 0) is 26.7 Å². The largest absolute Gasteiger partial charge is 0.382 e. The first-order chi connectivity index (χ1) is 8.44. The maximum Gasteiger partial charge on any atom is 0.222 e. The number of ether oxygens (including phenoxy) is 1. The highest BCUT2D eigenvalue weighted by Gasteiger charge is 2.22. The summed E-state index contributed by atoms with van der Waals surface area (Å²) in [6.07, 6.45) is 3.00. The average molecular weight is 256 g/mol. The second kappa shape index (κ2) is 6.73. The van der Waals surface area contributed by atoms with Crippen molar-refractivity contribution in [2.24, 2.45) is 0 Å². The fourth-order valence-corrected chi connectivity index (χ4v) is 2.17. The van der Waals surface area contributed by atoms with E-state index in [0.717, 1.165) is 19.4 Å². The van der Waals surface area contributed by atoms with Crippen LogP contribution in [-0.2, 0) is 14.3 Å². The fraction of sp³-hybridized carbons (Fsp3) is 0.846. The minimum absolute atomic E-state index is 0.0320. The van der Waals surface area contributed by atoms with Crippen LogP contribution in [0.15, 0.2) is 0 Å². The molecule has 104 valence electrons. The zero-order valence-electron chi connectivity index (χ0n) is 11.6. The molecule has 0 saturated carbocycles. The average Bonchev–Trinajstić information content (AvgIpc) is 2.27. The Bertz CT molecular complexity index is 303. The molecule has 1 aliphatic heterocycles. The number of likely N-dealkylation sites (tertiary alicyclic amines) is 1. The predicted molar refractivity (Wildman–Crippen MR) is 69.1 cm³/mol. The van der Waals surface area contributed by atoms with Crippen LogP contribution < -0.4 is 5.32 Å². The first-order valence-corrected chi connectivity index (χ1v) is 6.52. The number of nitrogens with zero attached hydrogens (tertiary/aromatic N) is 1. The van der Waals surface area contributed by atoms with Gasteiger partial charge in [-0.25, -0.2) is 0 Å². The van der Waals surface area contributed by atoms with E-state index in [1.54, 1.807) is 12.0 Å². The van der Waals surface area contributed by atoms with Crippen molar-refractivity contribution in [3.8, 4) is 0 Å². The minimum Gasteiger partial charge on any atom is -0.382 e. The lowest BCUT2D eigenvalue weighted by Gasteiger charge is -2.28. The van der Waals surface area contributed by atoms with Crippen molar-refractivity contribution in [1.82, 2.24) is 10.2 Å². The van der Waals surface area contributed by atoms with Gasteiger partial charge in [0.1, 0.15) is 0 Å². The van der Waals surface area contributed by atoms with Crippen molar-refractivity contribution in [2.45, 2.75) is 45.1 Å². The first kappa shape index (κ1) is 15.0. The Morgan fingerprint density at radius 3 is 2.78 bits per heavy atom. The third kappa shape index (κ3) is 5.04. The number of carbonyl (C=O) groups is 2. The normalized spacial score (nSPS) is 16.8. The Balaban J connectivity index is 2.30. The van der Waals surface area contributed by atoms with Crippen LogP contribution in [-0.4, -0.2) is 49.1 Å². The number of amides is 2. The van der Waals surface area contributed by atoms with Gasteiger partial charge in [-0.2, -0.15) is 0 Å². The number of nitrogens with one attached hydrogen (secondary N) is 1. The van der Waals surface area contributed by atoms with Gasteiger partial charge in [-0.1, -0.05) is 0 Å². The van der Waals surface area contributed by atoms with Gasteiger partial charge in [0.05, 0.1) is 12.1 Å². The Labute approximate surface area is 109 Å². The summed E-state index contributed by atoms with van der Waals surface area (Å²) in [5, 5.41) is 2.91. The quantitative estimate of drug-likeness (QED) is 0.769. The summed E-state index contributed by atoms with van der Waals surface area (Å²) in [5.74, 6) is 0.139. The number of rotatable bonds is 6. The topological polar surface area (TPSA) is 58.6 Å². The molecular weight excluding hydrogens is 232 g/mol. The molecule has 0 aromatic heterocycles. The number of carbonyl (C=O) groups excluding carboxylic acids is 2. The van der Waals surface area contributed by atoms with E-state index in [0.29, 0.717) is 26.0 Å². The van der Waals surface area contributed by atoms with Gasteiger partial charge >= 0.3 is 0 Å². The second-order valence-electron chi connectivity index (χ2n) is 5.45. The van der Waals surface area contributed by atoms with Gasteiger partial charge in [-0.3, -0.25) is 9.59 Å². The molecule has 0 aromatic carbocycles.